The predicted octanol–water partition coefficient (Wildman–Crippen LogP) is 1.37. The first kappa shape index (κ1) is 15.9. The van der Waals surface area contributed by atoms with E-state index in [4.69, 9.17) is 0 Å². The molecular formula is C16H23BrN4O. The molecule has 22 heavy (non-hydrogen) atoms. The summed E-state index contributed by atoms with van der Waals surface area (Å²) >= 11 is 3.45. The average molecular weight is 367 g/mol. The van der Waals surface area contributed by atoms with Crippen molar-refractivity contribution >= 4 is 27.5 Å². The molecule has 2 fully saturated rings. The van der Waals surface area contributed by atoms with E-state index in [9.17, 15) is 4.79 Å². The largest absolute Gasteiger partial charge is 0.324 e. The standard InChI is InChI=1S/C16H23BrN4O/c17-14-3-1-2-4-15(14)19-16(22)12-20-7-9-21(10-8-20)13-5-6-18-11-13/h1-4,13,18H,5-12H2,(H,19,22). The molecule has 0 aromatic heterocycles. The van der Waals surface area contributed by atoms with E-state index in [1.165, 1.54) is 6.42 Å². The summed E-state index contributed by atoms with van der Waals surface area (Å²) in [6, 6.07) is 8.40. The van der Waals surface area contributed by atoms with Crippen molar-refractivity contribution in [1.29, 1.82) is 0 Å². The Morgan fingerprint density at radius 3 is 2.73 bits per heavy atom. The number of benzene rings is 1. The normalized spacial score (nSPS) is 23.6. The number of amides is 1. The zero-order valence-electron chi connectivity index (χ0n) is 12.7. The fourth-order valence-corrected chi connectivity index (χ4v) is 3.58. The Labute approximate surface area is 140 Å². The van der Waals surface area contributed by atoms with Gasteiger partial charge >= 0.3 is 0 Å². The molecule has 1 aromatic carbocycles. The van der Waals surface area contributed by atoms with E-state index in [2.05, 4.69) is 36.4 Å². The molecule has 5 nitrogen and oxygen atoms in total. The zero-order chi connectivity index (χ0) is 15.4. The Morgan fingerprint density at radius 2 is 2.05 bits per heavy atom. The Hall–Kier alpha value is -0.950. The van der Waals surface area contributed by atoms with Gasteiger partial charge in [0.1, 0.15) is 0 Å². The number of nitrogens with zero attached hydrogens (tertiary/aromatic N) is 2. The number of hydrogen-bond donors (Lipinski definition) is 2. The second-order valence-electron chi connectivity index (χ2n) is 5.99. The number of para-hydroxylation sites is 1. The van der Waals surface area contributed by atoms with Crippen molar-refractivity contribution in [1.82, 2.24) is 15.1 Å². The minimum absolute atomic E-state index is 0.0582. The lowest BCUT2D eigenvalue weighted by Crippen LogP contribution is -2.52. The first-order valence-electron chi connectivity index (χ1n) is 7.94. The van der Waals surface area contributed by atoms with Crippen molar-refractivity contribution in [3.05, 3.63) is 28.7 Å². The quantitative estimate of drug-likeness (QED) is 0.844. The predicted molar refractivity (Wildman–Crippen MR) is 92.1 cm³/mol. The molecule has 0 bridgehead atoms. The highest BCUT2D eigenvalue weighted by Gasteiger charge is 2.26. The van der Waals surface area contributed by atoms with E-state index in [1.54, 1.807) is 0 Å². The van der Waals surface area contributed by atoms with Crippen LogP contribution in [0, 0.1) is 0 Å². The minimum Gasteiger partial charge on any atom is -0.324 e. The third kappa shape index (κ3) is 4.07. The second-order valence-corrected chi connectivity index (χ2v) is 6.84. The summed E-state index contributed by atoms with van der Waals surface area (Å²) in [6.45, 7) is 6.79. The van der Waals surface area contributed by atoms with E-state index < -0.39 is 0 Å². The smallest absolute Gasteiger partial charge is 0.238 e. The zero-order valence-corrected chi connectivity index (χ0v) is 14.3. The summed E-state index contributed by atoms with van der Waals surface area (Å²) in [7, 11) is 0. The van der Waals surface area contributed by atoms with Gasteiger partial charge < -0.3 is 10.6 Å². The molecule has 1 unspecified atom stereocenters. The molecule has 1 atom stereocenters. The molecule has 2 saturated heterocycles. The maximum Gasteiger partial charge on any atom is 0.238 e. The molecule has 0 saturated carbocycles. The summed E-state index contributed by atoms with van der Waals surface area (Å²) in [5.74, 6) is 0.0582. The van der Waals surface area contributed by atoms with Crippen LogP contribution in [-0.2, 0) is 4.79 Å². The summed E-state index contributed by atoms with van der Waals surface area (Å²) < 4.78 is 0.918. The van der Waals surface area contributed by atoms with Crippen molar-refractivity contribution in [2.24, 2.45) is 0 Å². The van der Waals surface area contributed by atoms with Crippen LogP contribution in [-0.4, -0.2) is 67.6 Å². The van der Waals surface area contributed by atoms with Crippen LogP contribution in [0.4, 0.5) is 5.69 Å². The molecule has 0 aliphatic carbocycles. The van der Waals surface area contributed by atoms with Gasteiger partial charge in [0.15, 0.2) is 0 Å². The minimum atomic E-state index is 0.0582. The van der Waals surface area contributed by atoms with Gasteiger partial charge in [-0.2, -0.15) is 0 Å². The van der Waals surface area contributed by atoms with Crippen LogP contribution in [0.1, 0.15) is 6.42 Å². The summed E-state index contributed by atoms with van der Waals surface area (Å²) in [5.41, 5.74) is 0.836. The lowest BCUT2D eigenvalue weighted by molar-refractivity contribution is -0.117. The van der Waals surface area contributed by atoms with Gasteiger partial charge in [0.25, 0.3) is 0 Å². The number of piperazine rings is 1. The van der Waals surface area contributed by atoms with Crippen LogP contribution >= 0.6 is 15.9 Å². The molecule has 2 aliphatic heterocycles. The first-order valence-corrected chi connectivity index (χ1v) is 8.73. The van der Waals surface area contributed by atoms with Gasteiger partial charge in [-0.05, 0) is 41.0 Å². The Bertz CT molecular complexity index is 511. The van der Waals surface area contributed by atoms with Gasteiger partial charge in [0.2, 0.25) is 5.91 Å². The fraction of sp³-hybridized carbons (Fsp3) is 0.562. The highest BCUT2D eigenvalue weighted by molar-refractivity contribution is 9.10. The van der Waals surface area contributed by atoms with Crippen LogP contribution in [0.25, 0.3) is 0 Å². The molecular weight excluding hydrogens is 344 g/mol. The topological polar surface area (TPSA) is 47.6 Å². The summed E-state index contributed by atoms with van der Waals surface area (Å²) in [4.78, 5) is 17.0. The Morgan fingerprint density at radius 1 is 1.27 bits per heavy atom. The molecule has 2 heterocycles. The number of halogens is 1. The number of carbonyl (C=O) groups is 1. The Balaban J connectivity index is 1.44. The molecule has 0 radical (unpaired) electrons. The fourth-order valence-electron chi connectivity index (χ4n) is 3.19. The van der Waals surface area contributed by atoms with E-state index in [-0.39, 0.29) is 5.91 Å². The number of carbonyl (C=O) groups excluding carboxylic acids is 1. The van der Waals surface area contributed by atoms with Crippen molar-refractivity contribution in [3.8, 4) is 0 Å². The van der Waals surface area contributed by atoms with Gasteiger partial charge in [-0.15, -0.1) is 0 Å². The number of rotatable bonds is 4. The van der Waals surface area contributed by atoms with E-state index in [0.717, 1.165) is 49.4 Å². The SMILES string of the molecule is O=C(CN1CCN(C2CCNC2)CC1)Nc1ccccc1Br. The number of nitrogens with one attached hydrogen (secondary N) is 2. The van der Waals surface area contributed by atoms with Crippen LogP contribution in [0.15, 0.2) is 28.7 Å². The first-order chi connectivity index (χ1) is 10.7. The van der Waals surface area contributed by atoms with Crippen LogP contribution < -0.4 is 10.6 Å². The monoisotopic (exact) mass is 366 g/mol. The molecule has 6 heteroatoms. The van der Waals surface area contributed by atoms with Crippen molar-refractivity contribution in [3.63, 3.8) is 0 Å². The molecule has 3 rings (SSSR count). The third-order valence-electron chi connectivity index (χ3n) is 4.47. The van der Waals surface area contributed by atoms with Crippen LogP contribution in [0.2, 0.25) is 0 Å². The van der Waals surface area contributed by atoms with Crippen molar-refractivity contribution in [2.45, 2.75) is 12.5 Å². The highest BCUT2D eigenvalue weighted by atomic mass is 79.9. The van der Waals surface area contributed by atoms with Crippen molar-refractivity contribution < 1.29 is 4.79 Å². The summed E-state index contributed by atoms with van der Waals surface area (Å²) in [5, 5.41) is 6.39. The molecule has 2 aliphatic rings. The van der Waals surface area contributed by atoms with Gasteiger partial charge in [0.05, 0.1) is 12.2 Å². The van der Waals surface area contributed by atoms with Crippen LogP contribution in [0.5, 0.6) is 0 Å². The van der Waals surface area contributed by atoms with Gasteiger partial charge in [-0.1, -0.05) is 12.1 Å². The van der Waals surface area contributed by atoms with Crippen molar-refractivity contribution in [2.75, 3.05) is 51.1 Å². The van der Waals surface area contributed by atoms with E-state index in [0.29, 0.717) is 12.6 Å². The molecule has 1 amide bonds. The average Bonchev–Trinajstić information content (AvgIpc) is 3.05. The number of anilines is 1. The molecule has 1 aromatic rings. The molecule has 2 N–H and O–H groups in total. The van der Waals surface area contributed by atoms with Gasteiger partial charge in [0, 0.05) is 43.2 Å². The summed E-state index contributed by atoms with van der Waals surface area (Å²) in [6.07, 6.45) is 1.25. The van der Waals surface area contributed by atoms with Gasteiger partial charge in [-0.3, -0.25) is 14.6 Å². The van der Waals surface area contributed by atoms with E-state index in [1.807, 2.05) is 24.3 Å². The maximum absolute atomic E-state index is 12.2. The highest BCUT2D eigenvalue weighted by Crippen LogP contribution is 2.21. The Kier molecular flexibility index (Phi) is 5.46. The lowest BCUT2D eigenvalue weighted by Gasteiger charge is -2.37. The third-order valence-corrected chi connectivity index (χ3v) is 5.16. The molecule has 0 spiro atoms. The van der Waals surface area contributed by atoms with Crippen LogP contribution in [0.3, 0.4) is 0 Å². The maximum atomic E-state index is 12.2. The second kappa shape index (κ2) is 7.55. The van der Waals surface area contributed by atoms with E-state index >= 15 is 0 Å². The lowest BCUT2D eigenvalue weighted by atomic mass is 10.2. The van der Waals surface area contributed by atoms with Gasteiger partial charge in [-0.25, -0.2) is 0 Å². The number of hydrogen-bond acceptors (Lipinski definition) is 4. The molecule has 120 valence electrons.